The fourth-order valence-corrected chi connectivity index (χ4v) is 4.38. The molecule has 3 N–H and O–H groups in total. The molecule has 2 aromatic carbocycles. The normalized spacial score (nSPS) is 20.6. The summed E-state index contributed by atoms with van der Waals surface area (Å²) in [5.41, 5.74) is 2.35. The molecule has 1 saturated carbocycles. The number of nitrogens with zero attached hydrogens (tertiary/aromatic N) is 3. The lowest BCUT2D eigenvalue weighted by Crippen LogP contribution is -2.49. The molecule has 206 valence electrons. The molecule has 6 rings (SSSR count). The van der Waals surface area contributed by atoms with Gasteiger partial charge in [0.05, 0.1) is 42.8 Å². The Hall–Kier alpha value is -4.35. The summed E-state index contributed by atoms with van der Waals surface area (Å²) in [6.07, 6.45) is 2.84. The molecule has 0 unspecified atom stereocenters. The van der Waals surface area contributed by atoms with Gasteiger partial charge in [0.1, 0.15) is 11.6 Å². The van der Waals surface area contributed by atoms with Crippen LogP contribution >= 0.6 is 0 Å². The smallest absolute Gasteiger partial charge is 0.230 e. The monoisotopic (exact) mass is 544 g/mol. The van der Waals surface area contributed by atoms with Gasteiger partial charge in [-0.25, -0.2) is 19.3 Å². The number of ether oxygens (including phenoxy) is 3. The molecule has 2 fully saturated rings. The number of methoxy groups -OCH3 is 1. The maximum atomic E-state index is 13.7. The van der Waals surface area contributed by atoms with Gasteiger partial charge in [-0.15, -0.1) is 0 Å². The number of rotatable bonds is 8. The van der Waals surface area contributed by atoms with E-state index in [2.05, 4.69) is 20.6 Å². The van der Waals surface area contributed by atoms with Crippen molar-refractivity contribution in [3.05, 3.63) is 72.4 Å². The van der Waals surface area contributed by atoms with E-state index in [-0.39, 0.29) is 31.0 Å². The molecule has 0 radical (unpaired) electrons. The van der Waals surface area contributed by atoms with E-state index in [0.29, 0.717) is 40.2 Å². The third-order valence-corrected chi connectivity index (χ3v) is 6.87. The second-order valence-corrected chi connectivity index (χ2v) is 10.2. The number of amides is 1. The molecule has 0 bridgehead atoms. The molecule has 3 heterocycles. The summed E-state index contributed by atoms with van der Waals surface area (Å²) in [6.45, 7) is 2.19. The van der Waals surface area contributed by atoms with Crippen molar-refractivity contribution in [2.24, 2.45) is 5.41 Å². The SMILES string of the molecule is COc1cccc(Nc2nccc(-c3[nH]c(C4OCC(C)(C(=O)NC5CC5)CO4)nc3-c3ccc(F)cc3)n2)c1. The number of aromatic amines is 1. The van der Waals surface area contributed by atoms with Gasteiger partial charge in [-0.3, -0.25) is 4.79 Å². The molecule has 1 amide bonds. The standard InChI is InChI=1S/C29H29FN6O4/c1-29(27(37)32-19-10-11-19)15-39-26(40-16-29)25-35-23(17-6-8-18(30)9-7-17)24(36-25)22-12-13-31-28(34-22)33-20-4-3-5-21(14-20)38-2/h3-9,12-14,19,26H,10-11,15-16H2,1-2H3,(H,32,37)(H,35,36)(H,31,33,34). The van der Waals surface area contributed by atoms with Crippen LogP contribution in [-0.4, -0.2) is 52.2 Å². The highest BCUT2D eigenvalue weighted by molar-refractivity contribution is 5.83. The van der Waals surface area contributed by atoms with Crippen molar-refractivity contribution in [2.45, 2.75) is 32.1 Å². The number of carbonyl (C=O) groups is 1. The van der Waals surface area contributed by atoms with Crippen LogP contribution in [-0.2, 0) is 14.3 Å². The highest BCUT2D eigenvalue weighted by Crippen LogP contribution is 2.36. The quantitative estimate of drug-likeness (QED) is 0.290. The van der Waals surface area contributed by atoms with Gasteiger partial charge >= 0.3 is 0 Å². The van der Waals surface area contributed by atoms with Crippen LogP contribution in [0.1, 0.15) is 31.9 Å². The highest BCUT2D eigenvalue weighted by Gasteiger charge is 2.42. The van der Waals surface area contributed by atoms with E-state index >= 15 is 0 Å². The molecular formula is C29H29FN6O4. The van der Waals surface area contributed by atoms with Gasteiger partial charge in [0.2, 0.25) is 18.1 Å². The molecule has 2 aromatic heterocycles. The van der Waals surface area contributed by atoms with Crippen molar-refractivity contribution < 1.29 is 23.4 Å². The maximum Gasteiger partial charge on any atom is 0.230 e. The maximum absolute atomic E-state index is 13.7. The Morgan fingerprint density at radius 2 is 1.88 bits per heavy atom. The summed E-state index contributed by atoms with van der Waals surface area (Å²) < 4.78 is 31.0. The largest absolute Gasteiger partial charge is 0.497 e. The summed E-state index contributed by atoms with van der Waals surface area (Å²) in [7, 11) is 1.60. The minimum absolute atomic E-state index is 0.0716. The predicted molar refractivity (Wildman–Crippen MR) is 145 cm³/mol. The molecular weight excluding hydrogens is 515 g/mol. The number of H-pyrrole nitrogens is 1. The lowest BCUT2D eigenvalue weighted by molar-refractivity contribution is -0.231. The van der Waals surface area contributed by atoms with Crippen LogP contribution in [0, 0.1) is 11.2 Å². The van der Waals surface area contributed by atoms with Gasteiger partial charge in [-0.1, -0.05) is 6.07 Å². The number of carbonyl (C=O) groups excluding carboxylic acids is 1. The summed E-state index contributed by atoms with van der Waals surface area (Å²) in [5, 5.41) is 6.22. The predicted octanol–water partition coefficient (Wildman–Crippen LogP) is 4.76. The Morgan fingerprint density at radius 3 is 2.60 bits per heavy atom. The number of nitrogens with one attached hydrogen (secondary N) is 3. The zero-order valence-electron chi connectivity index (χ0n) is 22.1. The van der Waals surface area contributed by atoms with Crippen LogP contribution in [0.5, 0.6) is 5.75 Å². The van der Waals surface area contributed by atoms with Gasteiger partial charge in [0.15, 0.2) is 5.82 Å². The van der Waals surface area contributed by atoms with Crippen LogP contribution < -0.4 is 15.4 Å². The Labute approximate surface area is 230 Å². The number of aromatic nitrogens is 4. The molecule has 0 spiro atoms. The van der Waals surface area contributed by atoms with E-state index in [1.54, 1.807) is 31.5 Å². The first-order chi connectivity index (χ1) is 19.4. The van der Waals surface area contributed by atoms with Crippen LogP contribution in [0.2, 0.25) is 0 Å². The summed E-state index contributed by atoms with van der Waals surface area (Å²) >= 11 is 0. The molecule has 10 nitrogen and oxygen atoms in total. The molecule has 40 heavy (non-hydrogen) atoms. The van der Waals surface area contributed by atoms with E-state index in [9.17, 15) is 9.18 Å². The Balaban J connectivity index is 1.28. The number of anilines is 2. The van der Waals surface area contributed by atoms with Gasteiger partial charge in [0.25, 0.3) is 0 Å². The van der Waals surface area contributed by atoms with Crippen molar-refractivity contribution in [3.8, 4) is 28.4 Å². The first-order valence-corrected chi connectivity index (χ1v) is 13.0. The van der Waals surface area contributed by atoms with Crippen molar-refractivity contribution in [1.29, 1.82) is 0 Å². The molecule has 2 aliphatic rings. The lowest BCUT2D eigenvalue weighted by Gasteiger charge is -2.35. The van der Waals surface area contributed by atoms with E-state index < -0.39 is 11.7 Å². The van der Waals surface area contributed by atoms with E-state index in [0.717, 1.165) is 18.5 Å². The minimum atomic E-state index is -0.814. The fourth-order valence-electron chi connectivity index (χ4n) is 4.38. The average molecular weight is 545 g/mol. The third kappa shape index (κ3) is 5.51. The molecule has 11 heteroatoms. The van der Waals surface area contributed by atoms with Crippen LogP contribution in [0.15, 0.2) is 60.8 Å². The zero-order valence-corrected chi connectivity index (χ0v) is 22.1. The fraction of sp³-hybridized carbons (Fsp3) is 0.310. The topological polar surface area (TPSA) is 123 Å². The van der Waals surface area contributed by atoms with Crippen LogP contribution in [0.3, 0.4) is 0 Å². The lowest BCUT2D eigenvalue weighted by atomic mass is 9.91. The van der Waals surface area contributed by atoms with Gasteiger partial charge in [0, 0.05) is 29.6 Å². The van der Waals surface area contributed by atoms with Gasteiger partial charge < -0.3 is 29.8 Å². The Bertz CT molecular complexity index is 1510. The van der Waals surface area contributed by atoms with Crippen molar-refractivity contribution in [3.63, 3.8) is 0 Å². The zero-order chi connectivity index (χ0) is 27.7. The number of benzene rings is 2. The summed E-state index contributed by atoms with van der Waals surface area (Å²) in [4.78, 5) is 29.8. The molecule has 1 aliphatic carbocycles. The van der Waals surface area contributed by atoms with Crippen molar-refractivity contribution >= 4 is 17.5 Å². The minimum Gasteiger partial charge on any atom is -0.497 e. The summed E-state index contributed by atoms with van der Waals surface area (Å²) in [5.74, 6) is 1.06. The second kappa shape index (κ2) is 10.7. The van der Waals surface area contributed by atoms with Gasteiger partial charge in [-0.2, -0.15) is 0 Å². The Kier molecular flexibility index (Phi) is 6.91. The van der Waals surface area contributed by atoms with E-state index in [1.165, 1.54) is 12.1 Å². The first-order valence-electron chi connectivity index (χ1n) is 13.0. The van der Waals surface area contributed by atoms with Crippen LogP contribution in [0.25, 0.3) is 22.6 Å². The van der Waals surface area contributed by atoms with Crippen molar-refractivity contribution in [2.75, 3.05) is 25.6 Å². The number of hydrogen-bond donors (Lipinski definition) is 3. The number of imidazole rings is 1. The van der Waals surface area contributed by atoms with E-state index in [1.807, 2.05) is 31.2 Å². The highest BCUT2D eigenvalue weighted by atomic mass is 19.1. The van der Waals surface area contributed by atoms with Crippen molar-refractivity contribution in [1.82, 2.24) is 25.3 Å². The van der Waals surface area contributed by atoms with Crippen LogP contribution in [0.4, 0.5) is 16.0 Å². The number of hydrogen-bond acceptors (Lipinski definition) is 8. The first kappa shape index (κ1) is 25.9. The molecule has 4 aromatic rings. The Morgan fingerprint density at radius 1 is 1.10 bits per heavy atom. The van der Waals surface area contributed by atoms with E-state index in [4.69, 9.17) is 24.2 Å². The molecule has 0 atom stereocenters. The molecule has 1 saturated heterocycles. The second-order valence-electron chi connectivity index (χ2n) is 10.2. The third-order valence-electron chi connectivity index (χ3n) is 6.87. The number of halogens is 1. The summed E-state index contributed by atoms with van der Waals surface area (Å²) in [6, 6.07) is 15.5. The molecule has 1 aliphatic heterocycles. The average Bonchev–Trinajstić information content (AvgIpc) is 3.68. The van der Waals surface area contributed by atoms with Gasteiger partial charge in [-0.05, 0) is 62.2 Å².